The third-order valence-corrected chi connectivity index (χ3v) is 2.70. The molecule has 0 N–H and O–H groups in total. The minimum atomic E-state index is -0.299. The molecule has 1 aromatic carbocycles. The van der Waals surface area contributed by atoms with Crippen LogP contribution in [-0.2, 0) is 47.6 Å². The van der Waals surface area contributed by atoms with Gasteiger partial charge in [0.2, 0.25) is 0 Å². The Hall–Kier alpha value is 0.260. The van der Waals surface area contributed by atoms with Crippen LogP contribution in [-0.4, -0.2) is 25.8 Å². The van der Waals surface area contributed by atoms with Gasteiger partial charge in [-0.05, 0) is 18.2 Å². The zero-order chi connectivity index (χ0) is 10.7. The molecule has 0 heterocycles. The minimum absolute atomic E-state index is 0. The third kappa shape index (κ3) is 4.33. The van der Waals surface area contributed by atoms with Crippen molar-refractivity contribution in [3.63, 3.8) is 0 Å². The van der Waals surface area contributed by atoms with Crippen molar-refractivity contribution in [2.75, 3.05) is 30.9 Å². The Labute approximate surface area is 118 Å². The predicted molar refractivity (Wildman–Crippen MR) is 67.7 cm³/mol. The van der Waals surface area contributed by atoms with Gasteiger partial charge in [-0.3, -0.25) is 0 Å². The first-order valence-electron chi connectivity index (χ1n) is 4.34. The zero-order valence-corrected chi connectivity index (χ0v) is 12.7. The van der Waals surface area contributed by atoms with E-state index in [4.69, 9.17) is 25.3 Å². The Morgan fingerprint density at radius 1 is 1.07 bits per heavy atom. The van der Waals surface area contributed by atoms with E-state index in [1.54, 1.807) is 0 Å². The van der Waals surface area contributed by atoms with Crippen molar-refractivity contribution in [1.82, 2.24) is 0 Å². The zero-order valence-electron chi connectivity index (χ0n) is 8.90. The maximum Gasteiger partial charge on any atom is 0.0381 e. The second kappa shape index (κ2) is 6.76. The molecule has 0 saturated carbocycles. The number of anilines is 2. The Morgan fingerprint density at radius 3 is 2.07 bits per heavy atom. The van der Waals surface area contributed by atoms with E-state index < -0.39 is 0 Å². The maximum absolute atomic E-state index is 5.02. The summed E-state index contributed by atoms with van der Waals surface area (Å²) in [6, 6.07) is 8.15. The SMILES string of the molecule is CN(C)c1cccc(N(C)C([S-])[S-])c1.[Au]. The average molecular weight is 423 g/mol. The standard InChI is InChI=1S/C10H16N2S2.Au/c1-11(2)8-5-4-6-9(7-8)12(3)10(13)14;/h4-7,10,13-14H,1-3H3;/p-2. The summed E-state index contributed by atoms with van der Waals surface area (Å²) in [5, 5.41) is 0. The Kier molecular flexibility index (Phi) is 6.88. The van der Waals surface area contributed by atoms with Crippen molar-refractivity contribution in [3.05, 3.63) is 24.3 Å². The molecule has 1 rings (SSSR count). The van der Waals surface area contributed by atoms with Crippen LogP contribution >= 0.6 is 0 Å². The smallest absolute Gasteiger partial charge is 0.0381 e. The molecule has 0 saturated heterocycles. The first-order chi connectivity index (χ1) is 6.52. The van der Waals surface area contributed by atoms with Crippen LogP contribution in [0.15, 0.2) is 24.3 Å². The fraction of sp³-hybridized carbons (Fsp3) is 0.400. The number of benzene rings is 1. The minimum Gasteiger partial charge on any atom is -0.794 e. The second-order valence-electron chi connectivity index (χ2n) is 3.33. The van der Waals surface area contributed by atoms with Gasteiger partial charge in [0.25, 0.3) is 0 Å². The Morgan fingerprint density at radius 2 is 1.60 bits per heavy atom. The van der Waals surface area contributed by atoms with E-state index in [0.717, 1.165) is 11.4 Å². The van der Waals surface area contributed by atoms with Crippen LogP contribution in [0.2, 0.25) is 0 Å². The van der Waals surface area contributed by atoms with E-state index in [0.29, 0.717) is 0 Å². The van der Waals surface area contributed by atoms with Gasteiger partial charge in [-0.1, -0.05) is 6.07 Å². The molecule has 0 aliphatic heterocycles. The van der Waals surface area contributed by atoms with Gasteiger partial charge in [0.15, 0.2) is 0 Å². The first-order valence-corrected chi connectivity index (χ1v) is 5.28. The normalized spacial score (nSPS) is 9.73. The molecule has 0 fully saturated rings. The van der Waals surface area contributed by atoms with E-state index in [2.05, 4.69) is 17.0 Å². The molecule has 15 heavy (non-hydrogen) atoms. The van der Waals surface area contributed by atoms with Gasteiger partial charge in [0.1, 0.15) is 0 Å². The van der Waals surface area contributed by atoms with Crippen LogP contribution in [0.4, 0.5) is 11.4 Å². The van der Waals surface area contributed by atoms with Gasteiger partial charge in [0.05, 0.1) is 0 Å². The number of rotatable bonds is 3. The van der Waals surface area contributed by atoms with E-state index in [-0.39, 0.29) is 27.1 Å². The molecule has 0 atom stereocenters. The average Bonchev–Trinajstić information content (AvgIpc) is 2.16. The van der Waals surface area contributed by atoms with Crippen molar-refractivity contribution < 1.29 is 22.4 Å². The number of hydrogen-bond acceptors (Lipinski definition) is 4. The molecule has 0 bridgehead atoms. The predicted octanol–water partition coefficient (Wildman–Crippen LogP) is 1.56. The van der Waals surface area contributed by atoms with Crippen LogP contribution in [0.1, 0.15) is 0 Å². The monoisotopic (exact) mass is 423 g/mol. The van der Waals surface area contributed by atoms with E-state index in [1.165, 1.54) is 0 Å². The summed E-state index contributed by atoms with van der Waals surface area (Å²) >= 11 is 10.0. The summed E-state index contributed by atoms with van der Waals surface area (Å²) in [7, 11) is 5.94. The molecule has 0 aromatic heterocycles. The molecule has 0 unspecified atom stereocenters. The van der Waals surface area contributed by atoms with Crippen molar-refractivity contribution in [2.24, 2.45) is 0 Å². The number of nitrogens with zero attached hydrogens (tertiary/aromatic N) is 2. The topological polar surface area (TPSA) is 6.48 Å². The van der Waals surface area contributed by atoms with Gasteiger partial charge < -0.3 is 35.1 Å². The fourth-order valence-electron chi connectivity index (χ4n) is 1.11. The van der Waals surface area contributed by atoms with E-state index >= 15 is 0 Å². The van der Waals surface area contributed by atoms with Crippen molar-refractivity contribution in [1.29, 1.82) is 0 Å². The van der Waals surface area contributed by atoms with Gasteiger partial charge >= 0.3 is 0 Å². The molecular formula is C10H14AuN2S2-2. The van der Waals surface area contributed by atoms with Crippen LogP contribution in [0, 0.1) is 0 Å². The van der Waals surface area contributed by atoms with Crippen LogP contribution < -0.4 is 9.80 Å². The second-order valence-corrected chi connectivity index (χ2v) is 4.52. The Balaban J connectivity index is 0.00000196. The summed E-state index contributed by atoms with van der Waals surface area (Å²) in [4.78, 5) is 3.96. The van der Waals surface area contributed by atoms with E-state index in [9.17, 15) is 0 Å². The van der Waals surface area contributed by atoms with Gasteiger partial charge in [0, 0.05) is 54.9 Å². The molecule has 0 amide bonds. The van der Waals surface area contributed by atoms with Gasteiger partial charge in [-0.15, -0.1) is 0 Å². The largest absolute Gasteiger partial charge is 0.794 e. The molecule has 1 radical (unpaired) electrons. The summed E-state index contributed by atoms with van der Waals surface area (Å²) in [6.45, 7) is 0. The first kappa shape index (κ1) is 15.3. The van der Waals surface area contributed by atoms with Crippen molar-refractivity contribution in [3.8, 4) is 0 Å². The summed E-state index contributed by atoms with van der Waals surface area (Å²) in [6.07, 6.45) is 0. The van der Waals surface area contributed by atoms with Gasteiger partial charge in [-0.2, -0.15) is 0 Å². The number of hydrogen-bond donors (Lipinski definition) is 0. The molecule has 0 spiro atoms. The molecule has 5 heteroatoms. The third-order valence-electron chi connectivity index (χ3n) is 2.07. The summed E-state index contributed by atoms with van der Waals surface area (Å²) < 4.78 is -0.299. The quantitative estimate of drug-likeness (QED) is 0.538. The molecule has 0 aliphatic carbocycles. The molecule has 1 aromatic rings. The summed E-state index contributed by atoms with van der Waals surface area (Å²) in [5.41, 5.74) is 2.21. The molecule has 89 valence electrons. The maximum atomic E-state index is 5.02. The van der Waals surface area contributed by atoms with Crippen LogP contribution in [0.25, 0.3) is 0 Å². The molecule has 2 nitrogen and oxygen atoms in total. The molecular weight excluding hydrogens is 409 g/mol. The van der Waals surface area contributed by atoms with Crippen LogP contribution in [0.3, 0.4) is 0 Å². The van der Waals surface area contributed by atoms with Gasteiger partial charge in [-0.25, -0.2) is 4.71 Å². The fourth-order valence-corrected chi connectivity index (χ4v) is 1.36. The van der Waals surface area contributed by atoms with Crippen molar-refractivity contribution >= 4 is 36.6 Å². The molecule has 0 aliphatic rings. The van der Waals surface area contributed by atoms with Crippen LogP contribution in [0.5, 0.6) is 0 Å². The Bertz CT molecular complexity index is 305. The van der Waals surface area contributed by atoms with E-state index in [1.807, 2.05) is 38.2 Å². The summed E-state index contributed by atoms with van der Waals surface area (Å²) in [5.74, 6) is 0. The van der Waals surface area contributed by atoms with Crippen molar-refractivity contribution in [2.45, 2.75) is 4.71 Å².